The molecule has 1 saturated heterocycles. The summed E-state index contributed by atoms with van der Waals surface area (Å²) in [7, 11) is 0. The lowest BCUT2D eigenvalue weighted by molar-refractivity contribution is -0.105. The maximum Gasteiger partial charge on any atom is 0.199 e. The molecule has 4 heteroatoms. The van der Waals surface area contributed by atoms with Gasteiger partial charge in [0.25, 0.3) is 0 Å². The molecular formula is C13H20N2O2. The Labute approximate surface area is 102 Å². The van der Waals surface area contributed by atoms with Crippen molar-refractivity contribution in [3.63, 3.8) is 0 Å². The van der Waals surface area contributed by atoms with Crippen LogP contribution in [-0.2, 0) is 4.74 Å². The van der Waals surface area contributed by atoms with Crippen molar-refractivity contribution < 1.29 is 9.47 Å². The summed E-state index contributed by atoms with van der Waals surface area (Å²) in [6, 6.07) is 0.583. The van der Waals surface area contributed by atoms with Crippen LogP contribution in [0.1, 0.15) is 51.0 Å². The summed E-state index contributed by atoms with van der Waals surface area (Å²) in [6.45, 7) is 0.821. The summed E-state index contributed by atoms with van der Waals surface area (Å²) in [5.41, 5.74) is 0. The van der Waals surface area contributed by atoms with Crippen molar-refractivity contribution in [1.82, 2.24) is 9.78 Å². The molecule has 1 aromatic heterocycles. The maximum atomic E-state index is 5.79. The fourth-order valence-corrected chi connectivity index (χ4v) is 2.71. The molecule has 0 bridgehead atoms. The van der Waals surface area contributed by atoms with Crippen LogP contribution in [0.5, 0.6) is 5.75 Å². The zero-order valence-electron chi connectivity index (χ0n) is 10.2. The van der Waals surface area contributed by atoms with Gasteiger partial charge in [-0.25, -0.2) is 0 Å². The molecule has 4 nitrogen and oxygen atoms in total. The topological polar surface area (TPSA) is 36.3 Å². The molecule has 0 spiro atoms. The van der Waals surface area contributed by atoms with Crippen LogP contribution in [0.4, 0.5) is 0 Å². The lowest BCUT2D eigenvalue weighted by atomic mass is 10.2. The van der Waals surface area contributed by atoms with E-state index >= 15 is 0 Å². The molecule has 0 amide bonds. The summed E-state index contributed by atoms with van der Waals surface area (Å²) < 4.78 is 13.4. The first-order valence-corrected chi connectivity index (χ1v) is 6.74. The highest BCUT2D eigenvalue weighted by Gasteiger charge is 2.19. The standard InChI is InChI=1S/C13H20N2O2/c1-2-6-11(5-1)15-10-12(9-14-15)17-13-7-3-4-8-16-13/h9-11,13H,1-8H2. The zero-order chi connectivity index (χ0) is 11.5. The van der Waals surface area contributed by atoms with Crippen molar-refractivity contribution >= 4 is 0 Å². The van der Waals surface area contributed by atoms with Crippen molar-refractivity contribution in [2.24, 2.45) is 0 Å². The molecule has 1 aromatic rings. The number of hydrogen-bond acceptors (Lipinski definition) is 3. The fraction of sp³-hybridized carbons (Fsp3) is 0.769. The highest BCUT2D eigenvalue weighted by atomic mass is 16.7. The Bertz CT molecular complexity index is 352. The molecule has 1 unspecified atom stereocenters. The third-order valence-electron chi connectivity index (χ3n) is 3.68. The summed E-state index contributed by atoms with van der Waals surface area (Å²) in [6.07, 6.45) is 12.3. The Morgan fingerprint density at radius 3 is 2.76 bits per heavy atom. The first kappa shape index (κ1) is 11.1. The van der Waals surface area contributed by atoms with E-state index in [0.29, 0.717) is 6.04 Å². The average Bonchev–Trinajstić information content (AvgIpc) is 3.00. The van der Waals surface area contributed by atoms with E-state index in [0.717, 1.165) is 25.2 Å². The molecule has 1 saturated carbocycles. The second-order valence-electron chi connectivity index (χ2n) is 5.01. The summed E-state index contributed by atoms with van der Waals surface area (Å²) in [5.74, 6) is 0.851. The first-order chi connectivity index (χ1) is 8.42. The average molecular weight is 236 g/mol. The minimum absolute atomic E-state index is 0.0648. The number of ether oxygens (including phenoxy) is 2. The lowest BCUT2D eigenvalue weighted by Crippen LogP contribution is -2.24. The Kier molecular flexibility index (Phi) is 3.31. The van der Waals surface area contributed by atoms with Crippen molar-refractivity contribution in [1.29, 1.82) is 0 Å². The van der Waals surface area contributed by atoms with E-state index in [1.54, 1.807) is 0 Å². The van der Waals surface area contributed by atoms with Gasteiger partial charge in [-0.05, 0) is 25.7 Å². The molecule has 0 radical (unpaired) electrons. The van der Waals surface area contributed by atoms with Crippen LogP contribution < -0.4 is 4.74 Å². The molecule has 1 atom stereocenters. The SMILES string of the molecule is c1nn(C2CCCC2)cc1OC1CCCCO1. The Morgan fingerprint density at radius 2 is 2.00 bits per heavy atom. The third kappa shape index (κ3) is 2.63. The number of aromatic nitrogens is 2. The first-order valence-electron chi connectivity index (χ1n) is 6.74. The van der Waals surface area contributed by atoms with E-state index in [4.69, 9.17) is 9.47 Å². The van der Waals surface area contributed by atoms with Crippen LogP contribution >= 0.6 is 0 Å². The van der Waals surface area contributed by atoms with Gasteiger partial charge in [-0.3, -0.25) is 4.68 Å². The van der Waals surface area contributed by atoms with Gasteiger partial charge in [0.05, 0.1) is 25.0 Å². The summed E-state index contributed by atoms with van der Waals surface area (Å²) in [5, 5.41) is 4.40. The van der Waals surface area contributed by atoms with Gasteiger partial charge in [0.15, 0.2) is 12.0 Å². The van der Waals surface area contributed by atoms with Gasteiger partial charge in [0.1, 0.15) is 0 Å². The minimum Gasteiger partial charge on any atom is -0.462 e. The second kappa shape index (κ2) is 5.08. The predicted molar refractivity (Wildman–Crippen MR) is 64.0 cm³/mol. The molecule has 2 fully saturated rings. The Hall–Kier alpha value is -1.03. The molecular weight excluding hydrogens is 216 g/mol. The molecule has 3 rings (SSSR count). The van der Waals surface area contributed by atoms with Gasteiger partial charge in [-0.2, -0.15) is 5.10 Å². The van der Waals surface area contributed by atoms with Crippen LogP contribution in [0.3, 0.4) is 0 Å². The monoisotopic (exact) mass is 236 g/mol. The smallest absolute Gasteiger partial charge is 0.199 e. The minimum atomic E-state index is -0.0648. The van der Waals surface area contributed by atoms with Crippen molar-refractivity contribution in [3.05, 3.63) is 12.4 Å². The van der Waals surface area contributed by atoms with Crippen LogP contribution in [0.2, 0.25) is 0 Å². The van der Waals surface area contributed by atoms with Gasteiger partial charge in [-0.1, -0.05) is 12.8 Å². The molecule has 0 N–H and O–H groups in total. The van der Waals surface area contributed by atoms with E-state index in [9.17, 15) is 0 Å². The Balaban J connectivity index is 1.59. The lowest BCUT2D eigenvalue weighted by Gasteiger charge is -2.22. The molecule has 0 aromatic carbocycles. The number of hydrogen-bond donors (Lipinski definition) is 0. The van der Waals surface area contributed by atoms with Crippen molar-refractivity contribution in [3.8, 4) is 5.75 Å². The molecule has 2 aliphatic rings. The molecule has 17 heavy (non-hydrogen) atoms. The molecule has 1 aliphatic carbocycles. The highest BCUT2D eigenvalue weighted by Crippen LogP contribution is 2.30. The predicted octanol–water partition coefficient (Wildman–Crippen LogP) is 2.90. The van der Waals surface area contributed by atoms with Gasteiger partial charge in [0.2, 0.25) is 0 Å². The van der Waals surface area contributed by atoms with Crippen molar-refractivity contribution in [2.45, 2.75) is 57.3 Å². The van der Waals surface area contributed by atoms with E-state index < -0.39 is 0 Å². The van der Waals surface area contributed by atoms with Crippen LogP contribution in [0.25, 0.3) is 0 Å². The van der Waals surface area contributed by atoms with E-state index in [1.165, 1.54) is 32.1 Å². The number of rotatable bonds is 3. The number of nitrogens with zero attached hydrogens (tertiary/aromatic N) is 2. The summed E-state index contributed by atoms with van der Waals surface area (Å²) in [4.78, 5) is 0. The van der Waals surface area contributed by atoms with Gasteiger partial charge >= 0.3 is 0 Å². The quantitative estimate of drug-likeness (QED) is 0.809. The van der Waals surface area contributed by atoms with Crippen LogP contribution in [-0.4, -0.2) is 22.7 Å². The highest BCUT2D eigenvalue weighted by molar-refractivity contribution is 5.12. The largest absolute Gasteiger partial charge is 0.462 e. The third-order valence-corrected chi connectivity index (χ3v) is 3.68. The van der Waals surface area contributed by atoms with Gasteiger partial charge in [-0.15, -0.1) is 0 Å². The fourth-order valence-electron chi connectivity index (χ4n) is 2.71. The normalized spacial score (nSPS) is 26.2. The van der Waals surface area contributed by atoms with Crippen LogP contribution in [0, 0.1) is 0 Å². The van der Waals surface area contributed by atoms with Gasteiger partial charge < -0.3 is 9.47 Å². The summed E-state index contributed by atoms with van der Waals surface area (Å²) >= 11 is 0. The zero-order valence-corrected chi connectivity index (χ0v) is 10.2. The van der Waals surface area contributed by atoms with Crippen molar-refractivity contribution in [2.75, 3.05) is 6.61 Å². The van der Waals surface area contributed by atoms with E-state index in [-0.39, 0.29) is 6.29 Å². The maximum absolute atomic E-state index is 5.79. The van der Waals surface area contributed by atoms with E-state index in [2.05, 4.69) is 9.78 Å². The van der Waals surface area contributed by atoms with Crippen LogP contribution in [0.15, 0.2) is 12.4 Å². The molecule has 2 heterocycles. The second-order valence-corrected chi connectivity index (χ2v) is 5.01. The Morgan fingerprint density at radius 1 is 1.18 bits per heavy atom. The molecule has 1 aliphatic heterocycles. The van der Waals surface area contributed by atoms with Gasteiger partial charge in [0, 0.05) is 6.42 Å². The van der Waals surface area contributed by atoms with E-state index in [1.807, 2.05) is 12.4 Å². The molecule has 94 valence electrons.